The van der Waals surface area contributed by atoms with E-state index in [9.17, 15) is 22.8 Å². The van der Waals surface area contributed by atoms with Gasteiger partial charge in [0.25, 0.3) is 5.91 Å². The summed E-state index contributed by atoms with van der Waals surface area (Å²) in [6, 6.07) is 2.15. The number of rotatable bonds is 3. The number of nitrogen functional groups attached to an aromatic ring is 1. The first-order valence-corrected chi connectivity index (χ1v) is 5.81. The van der Waals surface area contributed by atoms with Crippen LogP contribution in [0.4, 0.5) is 23.7 Å². The molecule has 1 rings (SSSR count). The van der Waals surface area contributed by atoms with E-state index in [1.165, 1.54) is 20.0 Å². The molecule has 9 heteroatoms. The van der Waals surface area contributed by atoms with Gasteiger partial charge in [0.15, 0.2) is 6.10 Å². The summed E-state index contributed by atoms with van der Waals surface area (Å²) in [6.45, 7) is 1.22. The molecule has 0 fully saturated rings. The first kappa shape index (κ1) is 16.6. The number of nitrogens with two attached hydrogens (primary N) is 1. The second kappa shape index (κ2) is 6.33. The summed E-state index contributed by atoms with van der Waals surface area (Å²) in [4.78, 5) is 22.5. The molecule has 1 unspecified atom stereocenters. The number of ether oxygens (including phenoxy) is 1. The Balaban J connectivity index is 2.92. The summed E-state index contributed by atoms with van der Waals surface area (Å²) in [7, 11) is 1.29. The second-order valence-corrected chi connectivity index (χ2v) is 4.08. The van der Waals surface area contributed by atoms with E-state index in [1.54, 1.807) is 0 Å². The van der Waals surface area contributed by atoms with Gasteiger partial charge in [-0.3, -0.25) is 10.1 Å². The number of benzene rings is 1. The van der Waals surface area contributed by atoms with Gasteiger partial charge in [-0.25, -0.2) is 4.79 Å². The number of urea groups is 1. The van der Waals surface area contributed by atoms with Crippen LogP contribution >= 0.6 is 0 Å². The molecular weight excluding hydrogens is 291 g/mol. The lowest BCUT2D eigenvalue weighted by atomic mass is 10.1. The standard InChI is InChI=1S/C12H14F3N3O3/c1-6(10(19)18-11(20)17-2)21-9-4-3-7(16)5-8(9)12(13,14)15/h3-6H,16H2,1-2H3,(H2,17,18,19,20). The van der Waals surface area contributed by atoms with Crippen LogP contribution in [-0.4, -0.2) is 25.1 Å². The number of carbonyl (C=O) groups is 2. The van der Waals surface area contributed by atoms with E-state index in [2.05, 4.69) is 5.32 Å². The number of alkyl halides is 3. The predicted octanol–water partition coefficient (Wildman–Crippen LogP) is 1.51. The predicted molar refractivity (Wildman–Crippen MR) is 68.5 cm³/mol. The van der Waals surface area contributed by atoms with Gasteiger partial charge in [-0.05, 0) is 25.1 Å². The Morgan fingerprint density at radius 2 is 1.95 bits per heavy atom. The summed E-state index contributed by atoms with van der Waals surface area (Å²) in [5.74, 6) is -1.42. The Morgan fingerprint density at radius 3 is 2.48 bits per heavy atom. The van der Waals surface area contributed by atoms with E-state index in [-0.39, 0.29) is 5.69 Å². The van der Waals surface area contributed by atoms with Gasteiger partial charge in [0.05, 0.1) is 5.56 Å². The number of hydrogen-bond acceptors (Lipinski definition) is 4. The fraction of sp³-hybridized carbons (Fsp3) is 0.333. The molecule has 0 heterocycles. The molecule has 1 atom stereocenters. The number of carbonyl (C=O) groups excluding carboxylic acids is 2. The average Bonchev–Trinajstić information content (AvgIpc) is 2.39. The first-order valence-electron chi connectivity index (χ1n) is 5.81. The van der Waals surface area contributed by atoms with Crippen molar-refractivity contribution in [3.63, 3.8) is 0 Å². The van der Waals surface area contributed by atoms with Gasteiger partial charge in [0.1, 0.15) is 5.75 Å². The monoisotopic (exact) mass is 305 g/mol. The Kier molecular flexibility index (Phi) is 5.01. The maximum absolute atomic E-state index is 12.8. The molecule has 0 aliphatic rings. The lowest BCUT2D eigenvalue weighted by Crippen LogP contribution is -2.44. The molecule has 1 aromatic rings. The van der Waals surface area contributed by atoms with Gasteiger partial charge in [-0.2, -0.15) is 13.2 Å². The quantitative estimate of drug-likeness (QED) is 0.738. The molecule has 3 amide bonds. The van der Waals surface area contributed by atoms with Crippen LogP contribution in [0.3, 0.4) is 0 Å². The summed E-state index contributed by atoms with van der Waals surface area (Å²) in [5, 5.41) is 4.03. The normalized spacial score (nSPS) is 12.4. The third-order valence-corrected chi connectivity index (χ3v) is 2.45. The molecule has 1 aromatic carbocycles. The number of anilines is 1. The number of nitrogens with one attached hydrogen (secondary N) is 2. The van der Waals surface area contributed by atoms with Crippen molar-refractivity contribution in [2.45, 2.75) is 19.2 Å². The first-order chi connectivity index (χ1) is 9.65. The molecule has 0 radical (unpaired) electrons. The zero-order valence-corrected chi connectivity index (χ0v) is 11.2. The van der Waals surface area contributed by atoms with Gasteiger partial charge in [-0.15, -0.1) is 0 Å². The maximum atomic E-state index is 12.8. The SMILES string of the molecule is CNC(=O)NC(=O)C(C)Oc1ccc(N)cc1C(F)(F)F. The van der Waals surface area contributed by atoms with Crippen LogP contribution in [0, 0.1) is 0 Å². The van der Waals surface area contributed by atoms with Crippen molar-refractivity contribution in [3.8, 4) is 5.75 Å². The zero-order valence-electron chi connectivity index (χ0n) is 11.2. The van der Waals surface area contributed by atoms with Gasteiger partial charge < -0.3 is 15.8 Å². The van der Waals surface area contributed by atoms with Crippen molar-refractivity contribution < 1.29 is 27.5 Å². The third-order valence-electron chi connectivity index (χ3n) is 2.45. The molecule has 0 saturated carbocycles. The van der Waals surface area contributed by atoms with Crippen LogP contribution < -0.4 is 21.1 Å². The van der Waals surface area contributed by atoms with Crippen molar-refractivity contribution in [1.82, 2.24) is 10.6 Å². The fourth-order valence-corrected chi connectivity index (χ4v) is 1.39. The van der Waals surface area contributed by atoms with E-state index in [0.29, 0.717) is 6.07 Å². The van der Waals surface area contributed by atoms with E-state index < -0.39 is 35.5 Å². The summed E-state index contributed by atoms with van der Waals surface area (Å²) in [6.07, 6.45) is -5.98. The number of halogens is 3. The fourth-order valence-electron chi connectivity index (χ4n) is 1.39. The Bertz CT molecular complexity index is 546. The highest BCUT2D eigenvalue weighted by Crippen LogP contribution is 2.37. The summed E-state index contributed by atoms with van der Waals surface area (Å²) in [5.41, 5.74) is 4.13. The van der Waals surface area contributed by atoms with E-state index in [0.717, 1.165) is 6.07 Å². The lowest BCUT2D eigenvalue weighted by Gasteiger charge is -2.18. The smallest absolute Gasteiger partial charge is 0.420 e. The van der Waals surface area contributed by atoms with Crippen LogP contribution in [-0.2, 0) is 11.0 Å². The Morgan fingerprint density at radius 1 is 1.33 bits per heavy atom. The summed E-state index contributed by atoms with van der Waals surface area (Å²) < 4.78 is 43.5. The number of amides is 3. The minimum atomic E-state index is -4.68. The largest absolute Gasteiger partial charge is 0.480 e. The summed E-state index contributed by atoms with van der Waals surface area (Å²) >= 11 is 0. The Labute approximate surface area is 118 Å². The van der Waals surface area contributed by atoms with E-state index in [1.807, 2.05) is 5.32 Å². The second-order valence-electron chi connectivity index (χ2n) is 4.08. The van der Waals surface area contributed by atoms with Crippen LogP contribution in [0.15, 0.2) is 18.2 Å². The maximum Gasteiger partial charge on any atom is 0.420 e. The molecule has 4 N–H and O–H groups in total. The molecule has 0 aromatic heterocycles. The molecule has 0 aliphatic carbocycles. The molecule has 116 valence electrons. The van der Waals surface area contributed by atoms with Crippen molar-refractivity contribution in [3.05, 3.63) is 23.8 Å². The van der Waals surface area contributed by atoms with Gasteiger partial charge >= 0.3 is 12.2 Å². The van der Waals surface area contributed by atoms with Crippen molar-refractivity contribution >= 4 is 17.6 Å². The van der Waals surface area contributed by atoms with E-state index in [4.69, 9.17) is 10.5 Å². The third kappa shape index (κ3) is 4.55. The van der Waals surface area contributed by atoms with Gasteiger partial charge in [0.2, 0.25) is 0 Å². The van der Waals surface area contributed by atoms with Crippen molar-refractivity contribution in [2.75, 3.05) is 12.8 Å². The highest BCUT2D eigenvalue weighted by molar-refractivity contribution is 5.96. The van der Waals surface area contributed by atoms with Crippen molar-refractivity contribution in [1.29, 1.82) is 0 Å². The van der Waals surface area contributed by atoms with Crippen LogP contribution in [0.25, 0.3) is 0 Å². The van der Waals surface area contributed by atoms with Gasteiger partial charge in [-0.1, -0.05) is 0 Å². The molecular formula is C12H14F3N3O3. The molecule has 0 aliphatic heterocycles. The molecule has 21 heavy (non-hydrogen) atoms. The minimum Gasteiger partial charge on any atom is -0.480 e. The highest BCUT2D eigenvalue weighted by Gasteiger charge is 2.35. The molecule has 6 nitrogen and oxygen atoms in total. The van der Waals surface area contributed by atoms with Crippen LogP contribution in [0.5, 0.6) is 5.75 Å². The number of hydrogen-bond donors (Lipinski definition) is 3. The molecule has 0 spiro atoms. The van der Waals surface area contributed by atoms with Crippen molar-refractivity contribution in [2.24, 2.45) is 0 Å². The highest BCUT2D eigenvalue weighted by atomic mass is 19.4. The lowest BCUT2D eigenvalue weighted by molar-refractivity contribution is -0.140. The number of imide groups is 1. The van der Waals surface area contributed by atoms with Crippen LogP contribution in [0.2, 0.25) is 0 Å². The average molecular weight is 305 g/mol. The minimum absolute atomic E-state index is 0.0860. The van der Waals surface area contributed by atoms with Crippen LogP contribution in [0.1, 0.15) is 12.5 Å². The molecule has 0 bridgehead atoms. The molecule has 0 saturated heterocycles. The zero-order chi connectivity index (χ0) is 16.2. The topological polar surface area (TPSA) is 93.5 Å². The Hall–Kier alpha value is -2.45. The van der Waals surface area contributed by atoms with E-state index >= 15 is 0 Å². The van der Waals surface area contributed by atoms with Gasteiger partial charge in [0, 0.05) is 12.7 Å².